The van der Waals surface area contributed by atoms with Gasteiger partial charge in [0, 0.05) is 6.54 Å². The third-order valence-corrected chi connectivity index (χ3v) is 3.87. The van der Waals surface area contributed by atoms with Gasteiger partial charge in [0.25, 0.3) is 0 Å². The first-order chi connectivity index (χ1) is 11.2. The van der Waals surface area contributed by atoms with E-state index in [2.05, 4.69) is 24.3 Å². The number of carboxylic acids is 1. The number of hydrogen-bond acceptors (Lipinski definition) is 2. The van der Waals surface area contributed by atoms with Crippen molar-refractivity contribution in [2.75, 3.05) is 0 Å². The van der Waals surface area contributed by atoms with Crippen LogP contribution in [-0.2, 0) is 6.54 Å². The molecule has 3 aromatic rings. The average Bonchev–Trinajstić information content (AvgIpc) is 2.62. The van der Waals surface area contributed by atoms with Crippen molar-refractivity contribution in [2.45, 2.75) is 6.54 Å². The lowest BCUT2D eigenvalue weighted by Crippen LogP contribution is -1.95. The number of benzene rings is 3. The van der Waals surface area contributed by atoms with Crippen LogP contribution in [-0.4, -0.2) is 11.1 Å². The average molecular weight is 303 g/mol. The van der Waals surface area contributed by atoms with E-state index in [1.807, 2.05) is 36.4 Å². The second-order valence-electron chi connectivity index (χ2n) is 5.36. The first-order valence-corrected chi connectivity index (χ1v) is 7.40. The fraction of sp³-hybridized carbons (Fsp3) is 0.0500. The van der Waals surface area contributed by atoms with Crippen molar-refractivity contribution in [3.05, 3.63) is 83.9 Å². The van der Waals surface area contributed by atoms with E-state index in [9.17, 15) is 4.79 Å². The van der Waals surface area contributed by atoms with Gasteiger partial charge in [0.2, 0.25) is 0 Å². The predicted molar refractivity (Wildman–Crippen MR) is 92.2 cm³/mol. The lowest BCUT2D eigenvalue weighted by molar-refractivity contribution is 0.0697. The molecule has 0 spiro atoms. The van der Waals surface area contributed by atoms with E-state index in [-0.39, 0.29) is 0 Å². The van der Waals surface area contributed by atoms with Crippen LogP contribution in [0.25, 0.3) is 22.3 Å². The number of rotatable bonds is 4. The number of aromatic carboxylic acids is 1. The van der Waals surface area contributed by atoms with E-state index in [1.165, 1.54) is 0 Å². The molecule has 0 aromatic heterocycles. The second-order valence-corrected chi connectivity index (χ2v) is 5.36. The van der Waals surface area contributed by atoms with Gasteiger partial charge in [-0.15, -0.1) is 0 Å². The third-order valence-electron chi connectivity index (χ3n) is 3.87. The van der Waals surface area contributed by atoms with Crippen LogP contribution in [0.2, 0.25) is 0 Å². The molecule has 0 saturated heterocycles. The van der Waals surface area contributed by atoms with Crippen LogP contribution in [0.15, 0.2) is 72.8 Å². The number of hydrogen-bond donors (Lipinski definition) is 2. The molecule has 3 heteroatoms. The summed E-state index contributed by atoms with van der Waals surface area (Å²) < 4.78 is 0. The third kappa shape index (κ3) is 3.30. The van der Waals surface area contributed by atoms with Crippen LogP contribution in [0.1, 0.15) is 15.9 Å². The minimum atomic E-state index is -0.909. The summed E-state index contributed by atoms with van der Waals surface area (Å²) >= 11 is 0. The maximum atomic E-state index is 10.9. The lowest BCUT2D eigenvalue weighted by atomic mass is 9.99. The van der Waals surface area contributed by atoms with Gasteiger partial charge in [-0.1, -0.05) is 60.7 Å². The minimum absolute atomic E-state index is 0.297. The lowest BCUT2D eigenvalue weighted by Gasteiger charge is -2.06. The summed E-state index contributed by atoms with van der Waals surface area (Å²) in [6, 6.07) is 23.3. The van der Waals surface area contributed by atoms with Gasteiger partial charge in [-0.2, -0.15) is 0 Å². The van der Waals surface area contributed by atoms with Crippen molar-refractivity contribution in [1.82, 2.24) is 0 Å². The molecule has 3 rings (SSSR count). The van der Waals surface area contributed by atoms with Crippen molar-refractivity contribution in [2.24, 2.45) is 5.73 Å². The first kappa shape index (κ1) is 15.0. The highest BCUT2D eigenvalue weighted by Gasteiger charge is 2.04. The largest absolute Gasteiger partial charge is 0.478 e. The Kier molecular flexibility index (Phi) is 4.22. The Bertz CT molecular complexity index is 804. The van der Waals surface area contributed by atoms with Gasteiger partial charge >= 0.3 is 5.97 Å². The Labute approximate surface area is 135 Å². The highest BCUT2D eigenvalue weighted by molar-refractivity contribution is 5.88. The summed E-state index contributed by atoms with van der Waals surface area (Å²) in [5.74, 6) is -0.909. The molecule has 0 aliphatic carbocycles. The summed E-state index contributed by atoms with van der Waals surface area (Å²) in [7, 11) is 0. The van der Waals surface area contributed by atoms with Gasteiger partial charge in [-0.05, 0) is 39.9 Å². The Morgan fingerprint density at radius 3 is 1.39 bits per heavy atom. The molecule has 0 amide bonds. The van der Waals surface area contributed by atoms with E-state index < -0.39 is 5.97 Å². The van der Waals surface area contributed by atoms with E-state index >= 15 is 0 Å². The molecular formula is C20H17NO2. The fourth-order valence-corrected chi connectivity index (χ4v) is 2.49. The molecule has 0 heterocycles. The van der Waals surface area contributed by atoms with E-state index in [4.69, 9.17) is 10.8 Å². The maximum Gasteiger partial charge on any atom is 0.335 e. The van der Waals surface area contributed by atoms with Crippen LogP contribution in [0.3, 0.4) is 0 Å². The van der Waals surface area contributed by atoms with Gasteiger partial charge in [-0.3, -0.25) is 0 Å². The van der Waals surface area contributed by atoms with Crippen molar-refractivity contribution in [1.29, 1.82) is 0 Å². The van der Waals surface area contributed by atoms with Crippen LogP contribution in [0.4, 0.5) is 0 Å². The molecule has 23 heavy (non-hydrogen) atoms. The molecule has 0 fully saturated rings. The summed E-state index contributed by atoms with van der Waals surface area (Å²) in [6.07, 6.45) is 0. The Balaban J connectivity index is 1.84. The van der Waals surface area contributed by atoms with Crippen molar-refractivity contribution in [3.63, 3.8) is 0 Å². The van der Waals surface area contributed by atoms with Gasteiger partial charge in [0.1, 0.15) is 0 Å². The second kappa shape index (κ2) is 6.46. The van der Waals surface area contributed by atoms with Crippen LogP contribution in [0, 0.1) is 0 Å². The topological polar surface area (TPSA) is 63.3 Å². The molecule has 0 unspecified atom stereocenters. The molecule has 3 N–H and O–H groups in total. The van der Waals surface area contributed by atoms with E-state index in [0.29, 0.717) is 12.1 Å². The van der Waals surface area contributed by atoms with Gasteiger partial charge < -0.3 is 10.8 Å². The maximum absolute atomic E-state index is 10.9. The van der Waals surface area contributed by atoms with Crippen molar-refractivity contribution < 1.29 is 9.90 Å². The minimum Gasteiger partial charge on any atom is -0.478 e. The summed E-state index contributed by atoms with van der Waals surface area (Å²) in [5, 5.41) is 8.94. The monoisotopic (exact) mass is 303 g/mol. The molecule has 0 aliphatic rings. The summed E-state index contributed by atoms with van der Waals surface area (Å²) in [6.45, 7) is 0.547. The van der Waals surface area contributed by atoms with Crippen LogP contribution in [0.5, 0.6) is 0 Å². The zero-order valence-corrected chi connectivity index (χ0v) is 12.6. The molecule has 3 nitrogen and oxygen atoms in total. The zero-order chi connectivity index (χ0) is 16.2. The van der Waals surface area contributed by atoms with E-state index in [1.54, 1.807) is 12.1 Å². The molecule has 0 aliphatic heterocycles. The smallest absolute Gasteiger partial charge is 0.335 e. The van der Waals surface area contributed by atoms with Crippen molar-refractivity contribution >= 4 is 5.97 Å². The fourth-order valence-electron chi connectivity index (χ4n) is 2.49. The summed E-state index contributed by atoms with van der Waals surface area (Å²) in [5.41, 5.74) is 11.4. The normalized spacial score (nSPS) is 10.5. The number of carboxylic acid groups (broad SMARTS) is 1. The van der Waals surface area contributed by atoms with Gasteiger partial charge in [0.05, 0.1) is 5.56 Å². The molecule has 0 atom stereocenters. The van der Waals surface area contributed by atoms with Gasteiger partial charge in [-0.25, -0.2) is 4.79 Å². The molecule has 0 bridgehead atoms. The number of nitrogens with two attached hydrogens (primary N) is 1. The van der Waals surface area contributed by atoms with Crippen molar-refractivity contribution in [3.8, 4) is 22.3 Å². The Morgan fingerprint density at radius 1 is 0.696 bits per heavy atom. The summed E-state index contributed by atoms with van der Waals surface area (Å²) in [4.78, 5) is 10.9. The quantitative estimate of drug-likeness (QED) is 0.760. The Hall–Kier alpha value is -2.91. The van der Waals surface area contributed by atoms with Gasteiger partial charge in [0.15, 0.2) is 0 Å². The molecular weight excluding hydrogens is 286 g/mol. The Morgan fingerprint density at radius 2 is 1.04 bits per heavy atom. The highest BCUT2D eigenvalue weighted by atomic mass is 16.4. The molecule has 114 valence electrons. The predicted octanol–water partition coefficient (Wildman–Crippen LogP) is 4.18. The van der Waals surface area contributed by atoms with E-state index in [0.717, 1.165) is 27.8 Å². The SMILES string of the molecule is NCc1ccc(-c2ccc(-c3ccc(C(=O)O)cc3)cc2)cc1. The highest BCUT2D eigenvalue weighted by Crippen LogP contribution is 2.25. The first-order valence-electron chi connectivity index (χ1n) is 7.40. The number of carbonyl (C=O) groups is 1. The zero-order valence-electron chi connectivity index (χ0n) is 12.6. The molecule has 0 saturated carbocycles. The standard InChI is InChI=1S/C20H17NO2/c21-13-14-1-3-15(4-2-14)16-5-7-17(8-6-16)18-9-11-19(12-10-18)20(22)23/h1-12H,13,21H2,(H,22,23). The van der Waals surface area contributed by atoms with Crippen LogP contribution >= 0.6 is 0 Å². The van der Waals surface area contributed by atoms with Crippen LogP contribution < -0.4 is 5.73 Å². The molecule has 3 aromatic carbocycles. The molecule has 0 radical (unpaired) electrons.